The Morgan fingerprint density at radius 2 is 2.19 bits per heavy atom. The average Bonchev–Trinajstić information content (AvgIpc) is 3.02. The molecule has 1 aromatic rings. The second kappa shape index (κ2) is 5.21. The first-order valence-corrected chi connectivity index (χ1v) is 7.66. The smallest absolute Gasteiger partial charge is 0.351 e. The molecular formula is C13H13F4N2OP. The number of halogens is 4. The molecule has 114 valence electrons. The first-order valence-electron chi connectivity index (χ1n) is 6.50. The highest BCUT2D eigenvalue weighted by Crippen LogP contribution is 2.53. The minimum atomic E-state index is -4.74. The fraction of sp³-hybridized carbons (Fsp3) is 0.462. The monoisotopic (exact) mass is 320 g/mol. The third-order valence-electron chi connectivity index (χ3n) is 3.71. The number of carbonyl (C=O) groups excluding carboxylic acids is 1. The van der Waals surface area contributed by atoms with Gasteiger partial charge in [0.15, 0.2) is 0 Å². The van der Waals surface area contributed by atoms with Gasteiger partial charge >= 0.3 is 6.18 Å². The van der Waals surface area contributed by atoms with Crippen LogP contribution in [0.1, 0.15) is 17.5 Å². The fourth-order valence-corrected chi connectivity index (χ4v) is 3.76. The van der Waals surface area contributed by atoms with Crippen molar-refractivity contribution in [3.05, 3.63) is 35.1 Å². The lowest BCUT2D eigenvalue weighted by atomic mass is 10.1. The zero-order valence-electron chi connectivity index (χ0n) is 10.8. The van der Waals surface area contributed by atoms with Crippen LogP contribution in [0.5, 0.6) is 0 Å². The number of hydrogen-bond acceptors (Lipinski definition) is 2. The van der Waals surface area contributed by atoms with E-state index in [1.807, 2.05) is 0 Å². The predicted octanol–water partition coefficient (Wildman–Crippen LogP) is 2.21. The molecule has 0 spiro atoms. The Morgan fingerprint density at radius 1 is 1.43 bits per heavy atom. The lowest BCUT2D eigenvalue weighted by Gasteiger charge is -2.15. The zero-order valence-corrected chi connectivity index (χ0v) is 11.8. The van der Waals surface area contributed by atoms with Crippen LogP contribution >= 0.6 is 8.58 Å². The number of fused-ring (bicyclic) bond motifs is 1. The SMILES string of the molecule is O=C(NCc1cccc(C(F)(F)F)c1F)[C@@H]1CC2PC2N1. The molecule has 2 aliphatic heterocycles. The number of amides is 1. The maximum Gasteiger partial charge on any atom is 0.419 e. The van der Waals surface area contributed by atoms with Crippen LogP contribution in [0.2, 0.25) is 0 Å². The van der Waals surface area contributed by atoms with Gasteiger partial charge in [0.1, 0.15) is 5.82 Å². The minimum Gasteiger partial charge on any atom is -0.351 e. The second-order valence-electron chi connectivity index (χ2n) is 5.20. The van der Waals surface area contributed by atoms with Gasteiger partial charge in [0.25, 0.3) is 0 Å². The summed E-state index contributed by atoms with van der Waals surface area (Å²) in [6.45, 7) is -0.246. The van der Waals surface area contributed by atoms with Crippen LogP contribution < -0.4 is 10.6 Å². The van der Waals surface area contributed by atoms with Crippen LogP contribution in [0, 0.1) is 5.82 Å². The molecule has 0 aliphatic carbocycles. The van der Waals surface area contributed by atoms with Crippen molar-refractivity contribution in [1.82, 2.24) is 10.6 Å². The molecule has 2 fully saturated rings. The summed E-state index contributed by atoms with van der Waals surface area (Å²) in [5, 5.41) is 5.64. The Hall–Kier alpha value is -1.20. The molecule has 0 saturated carbocycles. The highest BCUT2D eigenvalue weighted by molar-refractivity contribution is 7.49. The van der Waals surface area contributed by atoms with Crippen LogP contribution in [-0.4, -0.2) is 23.4 Å². The third kappa shape index (κ3) is 3.04. The van der Waals surface area contributed by atoms with Gasteiger partial charge in [-0.3, -0.25) is 10.1 Å². The number of carbonyl (C=O) groups is 1. The molecule has 0 radical (unpaired) electrons. The van der Waals surface area contributed by atoms with Gasteiger partial charge in [-0.2, -0.15) is 13.2 Å². The Bertz CT molecular complexity index is 568. The summed E-state index contributed by atoms with van der Waals surface area (Å²) in [5.74, 6) is -1.19. The van der Waals surface area contributed by atoms with Crippen LogP contribution in [0.25, 0.3) is 0 Å². The number of benzene rings is 1. The van der Waals surface area contributed by atoms with Crippen LogP contribution in [0.3, 0.4) is 0 Å². The normalized spacial score (nSPS) is 28.5. The number of nitrogens with one attached hydrogen (secondary N) is 2. The third-order valence-corrected chi connectivity index (χ3v) is 5.25. The molecule has 3 nitrogen and oxygen atoms in total. The van der Waals surface area contributed by atoms with Crippen molar-refractivity contribution in [2.45, 2.75) is 36.6 Å². The molecule has 2 heterocycles. The molecule has 4 atom stereocenters. The number of alkyl halides is 3. The summed E-state index contributed by atoms with van der Waals surface area (Å²) in [6.07, 6.45) is -3.99. The molecule has 2 aliphatic rings. The number of rotatable bonds is 3. The predicted molar refractivity (Wildman–Crippen MR) is 70.7 cm³/mol. The molecule has 3 rings (SSSR count). The van der Waals surface area contributed by atoms with E-state index < -0.39 is 17.6 Å². The van der Waals surface area contributed by atoms with E-state index in [0.29, 0.717) is 17.5 Å². The van der Waals surface area contributed by atoms with Gasteiger partial charge in [-0.05, 0) is 18.1 Å². The molecule has 1 aromatic carbocycles. The largest absolute Gasteiger partial charge is 0.419 e. The molecule has 2 saturated heterocycles. The lowest BCUT2D eigenvalue weighted by Crippen LogP contribution is -2.41. The molecular weight excluding hydrogens is 307 g/mol. The topological polar surface area (TPSA) is 41.1 Å². The Balaban J connectivity index is 1.64. The van der Waals surface area contributed by atoms with Gasteiger partial charge in [-0.1, -0.05) is 20.7 Å². The molecule has 0 bridgehead atoms. The van der Waals surface area contributed by atoms with Gasteiger partial charge in [-0.25, -0.2) is 4.39 Å². The molecule has 21 heavy (non-hydrogen) atoms. The summed E-state index contributed by atoms with van der Waals surface area (Å²) in [5.41, 5.74) is -0.912. The van der Waals surface area contributed by atoms with Crippen LogP contribution in [0.4, 0.5) is 17.6 Å². The second-order valence-corrected chi connectivity index (χ2v) is 6.90. The van der Waals surface area contributed by atoms with Gasteiger partial charge in [0, 0.05) is 17.9 Å². The molecule has 3 unspecified atom stereocenters. The van der Waals surface area contributed by atoms with E-state index in [4.69, 9.17) is 0 Å². The lowest BCUT2D eigenvalue weighted by molar-refractivity contribution is -0.140. The highest BCUT2D eigenvalue weighted by Gasteiger charge is 2.47. The van der Waals surface area contributed by atoms with Crippen molar-refractivity contribution in [3.63, 3.8) is 0 Å². The van der Waals surface area contributed by atoms with Crippen molar-refractivity contribution in [2.24, 2.45) is 0 Å². The summed E-state index contributed by atoms with van der Waals surface area (Å²) in [7, 11) is 0.852. The van der Waals surface area contributed by atoms with E-state index in [0.717, 1.165) is 21.1 Å². The molecule has 1 amide bonds. The highest BCUT2D eigenvalue weighted by atomic mass is 31.1. The zero-order chi connectivity index (χ0) is 15.2. The van der Waals surface area contributed by atoms with E-state index >= 15 is 0 Å². The summed E-state index contributed by atoms with van der Waals surface area (Å²) < 4.78 is 51.5. The van der Waals surface area contributed by atoms with E-state index in [1.54, 1.807) is 0 Å². The van der Waals surface area contributed by atoms with Crippen LogP contribution in [0.15, 0.2) is 18.2 Å². The van der Waals surface area contributed by atoms with E-state index in [-0.39, 0.29) is 24.1 Å². The molecule has 2 N–H and O–H groups in total. The Labute approximate surface area is 120 Å². The van der Waals surface area contributed by atoms with Crippen molar-refractivity contribution in [1.29, 1.82) is 0 Å². The van der Waals surface area contributed by atoms with E-state index in [2.05, 4.69) is 10.6 Å². The first-order chi connectivity index (χ1) is 9.86. The number of hydrogen-bond donors (Lipinski definition) is 2. The van der Waals surface area contributed by atoms with Crippen molar-refractivity contribution in [2.75, 3.05) is 0 Å². The Morgan fingerprint density at radius 3 is 2.81 bits per heavy atom. The molecule has 0 aromatic heterocycles. The summed E-state index contributed by atoms with van der Waals surface area (Å²) in [6, 6.07) is 2.76. The van der Waals surface area contributed by atoms with Gasteiger partial charge in [0.05, 0.1) is 11.6 Å². The van der Waals surface area contributed by atoms with Crippen LogP contribution in [-0.2, 0) is 17.5 Å². The van der Waals surface area contributed by atoms with Crippen molar-refractivity contribution < 1.29 is 22.4 Å². The summed E-state index contributed by atoms with van der Waals surface area (Å²) in [4.78, 5) is 11.9. The Kier molecular flexibility index (Phi) is 3.66. The first kappa shape index (κ1) is 14.7. The minimum absolute atomic E-state index is 0.164. The van der Waals surface area contributed by atoms with Crippen molar-refractivity contribution in [3.8, 4) is 0 Å². The van der Waals surface area contributed by atoms with E-state index in [1.165, 1.54) is 6.07 Å². The van der Waals surface area contributed by atoms with E-state index in [9.17, 15) is 22.4 Å². The van der Waals surface area contributed by atoms with Gasteiger partial charge in [-0.15, -0.1) is 0 Å². The summed E-state index contributed by atoms with van der Waals surface area (Å²) >= 11 is 0. The maximum atomic E-state index is 13.8. The standard InChI is InChI=1S/C13H13F4N2OP/c14-10-6(2-1-3-7(10)13(15,16)17)5-18-11(20)8-4-9-12(19-8)21-9/h1-3,8-9,12,19,21H,4-5H2,(H,18,20)/t8-,9?,12?/m0/s1. The van der Waals surface area contributed by atoms with Gasteiger partial charge < -0.3 is 5.32 Å². The van der Waals surface area contributed by atoms with Crippen molar-refractivity contribution >= 4 is 14.5 Å². The maximum absolute atomic E-state index is 13.8. The average molecular weight is 320 g/mol. The quantitative estimate of drug-likeness (QED) is 0.662. The fourth-order valence-electron chi connectivity index (χ4n) is 2.51. The molecule has 8 heteroatoms. The van der Waals surface area contributed by atoms with Gasteiger partial charge in [0.2, 0.25) is 5.91 Å².